The van der Waals surface area contributed by atoms with E-state index in [1.54, 1.807) is 73.7 Å². The molecular weight excluding hydrogens is 494 g/mol. The molecule has 1 N–H and O–H groups in total. The summed E-state index contributed by atoms with van der Waals surface area (Å²) in [6, 6.07) is 20.7. The number of hydrogen-bond donors (Lipinski definition) is 1. The minimum absolute atomic E-state index is 0.0207. The van der Waals surface area contributed by atoms with Crippen molar-refractivity contribution in [3.8, 4) is 11.5 Å². The Kier molecular flexibility index (Phi) is 9.13. The van der Waals surface area contributed by atoms with Gasteiger partial charge in [0.05, 0.1) is 24.8 Å². The number of methoxy groups -OCH3 is 2. The van der Waals surface area contributed by atoms with E-state index in [-0.39, 0.29) is 28.8 Å². The summed E-state index contributed by atoms with van der Waals surface area (Å²) in [6.07, 6.45) is 0. The van der Waals surface area contributed by atoms with Gasteiger partial charge in [0.2, 0.25) is 11.8 Å². The first-order valence-corrected chi connectivity index (χ1v) is 13.0. The van der Waals surface area contributed by atoms with Gasteiger partial charge >= 0.3 is 0 Å². The number of hydrogen-bond acceptors (Lipinski definition) is 6. The zero-order chi connectivity index (χ0) is 27.0. The van der Waals surface area contributed by atoms with Crippen molar-refractivity contribution in [2.45, 2.75) is 24.4 Å². The predicted octanol–water partition coefficient (Wildman–Crippen LogP) is 3.06. The molecule has 3 aromatic carbocycles. The Hall–Kier alpha value is -4.05. The average Bonchev–Trinajstić information content (AvgIpc) is 2.94. The molecule has 0 aliphatic rings. The molecule has 3 aromatic rings. The number of nitrogens with one attached hydrogen (secondary N) is 1. The molecule has 2 amide bonds. The zero-order valence-electron chi connectivity index (χ0n) is 21.2. The van der Waals surface area contributed by atoms with Crippen LogP contribution >= 0.6 is 0 Å². The number of carbonyl (C=O) groups excluding carboxylic acids is 2. The molecule has 0 fully saturated rings. The molecule has 0 aliphatic heterocycles. The molecule has 0 aromatic heterocycles. The van der Waals surface area contributed by atoms with Crippen LogP contribution in [0, 0.1) is 0 Å². The number of sulfonamides is 1. The molecule has 0 bridgehead atoms. The molecule has 0 unspecified atom stereocenters. The van der Waals surface area contributed by atoms with Gasteiger partial charge in [-0.05, 0) is 48.9 Å². The van der Waals surface area contributed by atoms with E-state index in [0.717, 1.165) is 9.87 Å². The van der Waals surface area contributed by atoms with Crippen LogP contribution in [0.2, 0.25) is 0 Å². The normalized spacial score (nSPS) is 11.8. The minimum Gasteiger partial charge on any atom is -0.497 e. The van der Waals surface area contributed by atoms with E-state index < -0.39 is 28.5 Å². The molecule has 3 rings (SSSR count). The SMILES string of the molecule is CNC(=O)[C@H](C)N(Cc1cccc(OC)c1)C(=O)CN(c1ccccc1OC)S(=O)(=O)c1ccccc1. The molecule has 196 valence electrons. The molecule has 0 saturated carbocycles. The summed E-state index contributed by atoms with van der Waals surface area (Å²) in [7, 11) is 0.279. The predicted molar refractivity (Wildman–Crippen MR) is 141 cm³/mol. The van der Waals surface area contributed by atoms with Gasteiger partial charge in [0.15, 0.2) is 0 Å². The largest absolute Gasteiger partial charge is 0.497 e. The molecule has 37 heavy (non-hydrogen) atoms. The first kappa shape index (κ1) is 27.5. The Morgan fingerprint density at radius 2 is 1.59 bits per heavy atom. The number of anilines is 1. The van der Waals surface area contributed by atoms with E-state index in [4.69, 9.17) is 9.47 Å². The average molecular weight is 526 g/mol. The number of amides is 2. The Labute approximate surface area is 217 Å². The smallest absolute Gasteiger partial charge is 0.264 e. The third-order valence-electron chi connectivity index (χ3n) is 5.86. The van der Waals surface area contributed by atoms with Crippen molar-refractivity contribution in [1.29, 1.82) is 0 Å². The van der Waals surface area contributed by atoms with Crippen molar-refractivity contribution in [3.63, 3.8) is 0 Å². The fourth-order valence-electron chi connectivity index (χ4n) is 3.83. The van der Waals surface area contributed by atoms with Crippen LogP contribution in [0.4, 0.5) is 5.69 Å². The Balaban J connectivity index is 2.06. The van der Waals surface area contributed by atoms with Crippen LogP contribution in [-0.2, 0) is 26.2 Å². The number of likely N-dealkylation sites (N-methyl/N-ethyl adjacent to an activating group) is 1. The third-order valence-corrected chi connectivity index (χ3v) is 7.64. The van der Waals surface area contributed by atoms with Gasteiger partial charge in [0.25, 0.3) is 10.0 Å². The van der Waals surface area contributed by atoms with E-state index in [1.165, 1.54) is 38.3 Å². The maximum absolute atomic E-state index is 13.8. The van der Waals surface area contributed by atoms with Crippen molar-refractivity contribution in [2.24, 2.45) is 0 Å². The first-order chi connectivity index (χ1) is 17.7. The Bertz CT molecular complexity index is 1330. The number of nitrogens with zero attached hydrogens (tertiary/aromatic N) is 2. The van der Waals surface area contributed by atoms with E-state index >= 15 is 0 Å². The standard InChI is InChI=1S/C27H31N3O6S/c1-20(27(32)28-2)29(18-21-11-10-12-22(17-21)35-3)26(31)19-30(24-15-8-9-16-25(24)36-4)37(33,34)23-13-6-5-7-14-23/h5-17,20H,18-19H2,1-4H3,(H,28,32)/t20-/m0/s1. The summed E-state index contributed by atoms with van der Waals surface area (Å²) < 4.78 is 39.2. The van der Waals surface area contributed by atoms with Crippen LogP contribution in [0.3, 0.4) is 0 Å². The van der Waals surface area contributed by atoms with Crippen LogP contribution in [-0.4, -0.2) is 59.0 Å². The topological polar surface area (TPSA) is 105 Å². The lowest BCUT2D eigenvalue weighted by atomic mass is 10.1. The summed E-state index contributed by atoms with van der Waals surface area (Å²) >= 11 is 0. The monoisotopic (exact) mass is 525 g/mol. The van der Waals surface area contributed by atoms with Crippen molar-refractivity contribution in [1.82, 2.24) is 10.2 Å². The van der Waals surface area contributed by atoms with Crippen molar-refractivity contribution in [2.75, 3.05) is 32.1 Å². The van der Waals surface area contributed by atoms with Crippen molar-refractivity contribution < 1.29 is 27.5 Å². The van der Waals surface area contributed by atoms with Gasteiger partial charge in [-0.2, -0.15) is 0 Å². The quantitative estimate of drug-likeness (QED) is 0.413. The van der Waals surface area contributed by atoms with Crippen LogP contribution in [0.1, 0.15) is 12.5 Å². The Morgan fingerprint density at radius 3 is 2.24 bits per heavy atom. The highest BCUT2D eigenvalue weighted by Gasteiger charge is 2.33. The molecular formula is C27H31N3O6S. The number of carbonyl (C=O) groups is 2. The lowest BCUT2D eigenvalue weighted by molar-refractivity contribution is -0.139. The lowest BCUT2D eigenvalue weighted by Crippen LogP contribution is -2.50. The molecule has 0 aliphatic carbocycles. The van der Waals surface area contributed by atoms with Gasteiger partial charge in [0.1, 0.15) is 24.1 Å². The van der Waals surface area contributed by atoms with Gasteiger partial charge in [-0.15, -0.1) is 0 Å². The maximum atomic E-state index is 13.8. The van der Waals surface area contributed by atoms with E-state index in [0.29, 0.717) is 5.75 Å². The van der Waals surface area contributed by atoms with Gasteiger partial charge < -0.3 is 19.7 Å². The van der Waals surface area contributed by atoms with Crippen LogP contribution < -0.4 is 19.1 Å². The van der Waals surface area contributed by atoms with Crippen LogP contribution in [0.15, 0.2) is 83.8 Å². The molecule has 0 spiro atoms. The summed E-state index contributed by atoms with van der Waals surface area (Å²) in [5.74, 6) is -0.0661. The number of rotatable bonds is 11. The van der Waals surface area contributed by atoms with Crippen LogP contribution in [0.25, 0.3) is 0 Å². The maximum Gasteiger partial charge on any atom is 0.264 e. The molecule has 0 heterocycles. The third kappa shape index (κ3) is 6.39. The van der Waals surface area contributed by atoms with Gasteiger partial charge in [0, 0.05) is 13.6 Å². The zero-order valence-corrected chi connectivity index (χ0v) is 22.1. The van der Waals surface area contributed by atoms with E-state index in [1.807, 2.05) is 0 Å². The van der Waals surface area contributed by atoms with Gasteiger partial charge in [-0.25, -0.2) is 8.42 Å². The van der Waals surface area contributed by atoms with E-state index in [2.05, 4.69) is 5.32 Å². The molecule has 0 saturated heterocycles. The molecule has 1 atom stereocenters. The molecule has 0 radical (unpaired) electrons. The second-order valence-corrected chi connectivity index (χ2v) is 10.0. The summed E-state index contributed by atoms with van der Waals surface area (Å²) in [6.45, 7) is 1.11. The second kappa shape index (κ2) is 12.3. The fourth-order valence-corrected chi connectivity index (χ4v) is 5.27. The molecule has 9 nitrogen and oxygen atoms in total. The minimum atomic E-state index is -4.17. The summed E-state index contributed by atoms with van der Waals surface area (Å²) in [4.78, 5) is 27.7. The second-order valence-electron chi connectivity index (χ2n) is 8.16. The first-order valence-electron chi connectivity index (χ1n) is 11.6. The fraction of sp³-hybridized carbons (Fsp3) is 0.259. The highest BCUT2D eigenvalue weighted by atomic mass is 32.2. The van der Waals surface area contributed by atoms with Gasteiger partial charge in [-0.3, -0.25) is 13.9 Å². The van der Waals surface area contributed by atoms with Crippen molar-refractivity contribution in [3.05, 3.63) is 84.4 Å². The van der Waals surface area contributed by atoms with Crippen molar-refractivity contribution >= 4 is 27.5 Å². The lowest BCUT2D eigenvalue weighted by Gasteiger charge is -2.32. The van der Waals surface area contributed by atoms with Gasteiger partial charge in [-0.1, -0.05) is 42.5 Å². The number of ether oxygens (including phenoxy) is 2. The molecule has 10 heteroatoms. The number of para-hydroxylation sites is 2. The highest BCUT2D eigenvalue weighted by Crippen LogP contribution is 2.32. The number of benzene rings is 3. The summed E-state index contributed by atoms with van der Waals surface area (Å²) in [5, 5.41) is 2.56. The van der Waals surface area contributed by atoms with Crippen LogP contribution in [0.5, 0.6) is 11.5 Å². The highest BCUT2D eigenvalue weighted by molar-refractivity contribution is 7.92. The Morgan fingerprint density at radius 1 is 0.919 bits per heavy atom. The van der Waals surface area contributed by atoms with E-state index in [9.17, 15) is 18.0 Å². The summed E-state index contributed by atoms with van der Waals surface area (Å²) in [5.41, 5.74) is 0.925.